The number of nitriles is 1. The standard InChI is InChI=1S/C13H16N2O2S/c1-13(12(16)17-2)3-4-15(9-13)7-11-5-10(6-14)8-18-11/h5,8H,3-4,7,9H2,1-2H3/t13-/m1/s1. The Hall–Kier alpha value is -1.38. The Labute approximate surface area is 111 Å². The summed E-state index contributed by atoms with van der Waals surface area (Å²) in [4.78, 5) is 15.1. The van der Waals surface area contributed by atoms with Crippen LogP contribution in [0.15, 0.2) is 11.4 Å². The lowest BCUT2D eigenvalue weighted by Crippen LogP contribution is -2.32. The highest BCUT2D eigenvalue weighted by molar-refractivity contribution is 7.10. The molecular formula is C13H16N2O2S. The Morgan fingerprint density at radius 3 is 3.11 bits per heavy atom. The molecule has 5 heteroatoms. The molecule has 1 atom stereocenters. The number of likely N-dealkylation sites (tertiary alicyclic amines) is 1. The van der Waals surface area contributed by atoms with Crippen molar-refractivity contribution in [3.8, 4) is 6.07 Å². The van der Waals surface area contributed by atoms with E-state index in [0.29, 0.717) is 5.56 Å². The predicted molar refractivity (Wildman–Crippen MR) is 69.1 cm³/mol. The molecule has 4 nitrogen and oxygen atoms in total. The van der Waals surface area contributed by atoms with Gasteiger partial charge in [0.2, 0.25) is 0 Å². The number of methoxy groups -OCH3 is 1. The van der Waals surface area contributed by atoms with Crippen LogP contribution in [-0.4, -0.2) is 31.1 Å². The van der Waals surface area contributed by atoms with E-state index in [1.54, 1.807) is 11.3 Å². The average Bonchev–Trinajstić information content (AvgIpc) is 2.96. The van der Waals surface area contributed by atoms with Crippen molar-refractivity contribution in [3.63, 3.8) is 0 Å². The quantitative estimate of drug-likeness (QED) is 0.784. The molecule has 2 rings (SSSR count). The van der Waals surface area contributed by atoms with Crippen LogP contribution in [-0.2, 0) is 16.1 Å². The van der Waals surface area contributed by atoms with Gasteiger partial charge in [0.25, 0.3) is 0 Å². The maximum absolute atomic E-state index is 11.7. The fraction of sp³-hybridized carbons (Fsp3) is 0.538. The van der Waals surface area contributed by atoms with E-state index in [4.69, 9.17) is 10.00 Å². The third-order valence-electron chi connectivity index (χ3n) is 3.39. The van der Waals surface area contributed by atoms with Crippen molar-refractivity contribution in [1.82, 2.24) is 4.90 Å². The van der Waals surface area contributed by atoms with Crippen molar-refractivity contribution < 1.29 is 9.53 Å². The number of carbonyl (C=O) groups is 1. The molecule has 2 heterocycles. The van der Waals surface area contributed by atoms with Gasteiger partial charge in [-0.3, -0.25) is 9.69 Å². The summed E-state index contributed by atoms with van der Waals surface area (Å²) >= 11 is 1.59. The van der Waals surface area contributed by atoms with Crippen LogP contribution in [0.1, 0.15) is 23.8 Å². The maximum atomic E-state index is 11.7. The first-order valence-corrected chi connectivity index (χ1v) is 6.73. The molecule has 1 saturated heterocycles. The van der Waals surface area contributed by atoms with Gasteiger partial charge in [0, 0.05) is 23.3 Å². The topological polar surface area (TPSA) is 53.3 Å². The molecule has 0 N–H and O–H groups in total. The first-order chi connectivity index (χ1) is 8.57. The molecular weight excluding hydrogens is 248 g/mol. The van der Waals surface area contributed by atoms with E-state index in [1.807, 2.05) is 18.4 Å². The second-order valence-electron chi connectivity index (χ2n) is 4.93. The van der Waals surface area contributed by atoms with Crippen LogP contribution in [0.2, 0.25) is 0 Å². The third kappa shape index (κ3) is 2.55. The first-order valence-electron chi connectivity index (χ1n) is 5.86. The predicted octanol–water partition coefficient (Wildman–Crippen LogP) is 2.00. The molecule has 18 heavy (non-hydrogen) atoms. The van der Waals surface area contributed by atoms with Crippen molar-refractivity contribution >= 4 is 17.3 Å². The Balaban J connectivity index is 1.97. The van der Waals surface area contributed by atoms with Gasteiger partial charge in [0.15, 0.2) is 0 Å². The molecule has 1 fully saturated rings. The molecule has 96 valence electrons. The highest BCUT2D eigenvalue weighted by Crippen LogP contribution is 2.32. The van der Waals surface area contributed by atoms with Gasteiger partial charge in [-0.15, -0.1) is 11.3 Å². The van der Waals surface area contributed by atoms with Gasteiger partial charge < -0.3 is 4.74 Å². The Kier molecular flexibility index (Phi) is 3.69. The smallest absolute Gasteiger partial charge is 0.312 e. The maximum Gasteiger partial charge on any atom is 0.312 e. The second kappa shape index (κ2) is 5.09. The monoisotopic (exact) mass is 264 g/mol. The SMILES string of the molecule is COC(=O)[C@]1(C)CCN(Cc2cc(C#N)cs2)C1. The largest absolute Gasteiger partial charge is 0.469 e. The molecule has 0 radical (unpaired) electrons. The highest BCUT2D eigenvalue weighted by Gasteiger charge is 2.41. The van der Waals surface area contributed by atoms with Crippen LogP contribution < -0.4 is 0 Å². The molecule has 0 aromatic carbocycles. The summed E-state index contributed by atoms with van der Waals surface area (Å²) < 4.78 is 4.85. The summed E-state index contributed by atoms with van der Waals surface area (Å²) in [6.45, 7) is 4.37. The van der Waals surface area contributed by atoms with E-state index in [9.17, 15) is 4.79 Å². The summed E-state index contributed by atoms with van der Waals surface area (Å²) in [5.74, 6) is -0.131. The Morgan fingerprint density at radius 2 is 2.50 bits per heavy atom. The number of hydrogen-bond donors (Lipinski definition) is 0. The number of thiophene rings is 1. The van der Waals surface area contributed by atoms with Crippen LogP contribution in [0.3, 0.4) is 0 Å². The fourth-order valence-electron chi connectivity index (χ4n) is 2.35. The lowest BCUT2D eigenvalue weighted by molar-refractivity contribution is -0.151. The van der Waals surface area contributed by atoms with Gasteiger partial charge >= 0.3 is 5.97 Å². The molecule has 0 bridgehead atoms. The van der Waals surface area contributed by atoms with Crippen LogP contribution in [0, 0.1) is 16.7 Å². The number of nitrogens with zero attached hydrogens (tertiary/aromatic N) is 2. The minimum Gasteiger partial charge on any atom is -0.469 e. The average molecular weight is 264 g/mol. The molecule has 0 unspecified atom stereocenters. The van der Waals surface area contributed by atoms with Crippen molar-refractivity contribution in [2.75, 3.05) is 20.2 Å². The van der Waals surface area contributed by atoms with Gasteiger partial charge in [0.1, 0.15) is 6.07 Å². The molecule has 0 amide bonds. The van der Waals surface area contributed by atoms with Gasteiger partial charge in [-0.1, -0.05) is 0 Å². The van der Waals surface area contributed by atoms with E-state index >= 15 is 0 Å². The van der Waals surface area contributed by atoms with Gasteiger partial charge in [-0.05, 0) is 26.0 Å². The summed E-state index contributed by atoms with van der Waals surface area (Å²) in [5.41, 5.74) is 0.328. The highest BCUT2D eigenvalue weighted by atomic mass is 32.1. The number of hydrogen-bond acceptors (Lipinski definition) is 5. The third-order valence-corrected chi connectivity index (χ3v) is 4.31. The molecule has 1 aromatic rings. The van der Waals surface area contributed by atoms with E-state index in [-0.39, 0.29) is 11.4 Å². The van der Waals surface area contributed by atoms with Crippen LogP contribution in [0.5, 0.6) is 0 Å². The van der Waals surface area contributed by atoms with Crippen LogP contribution >= 0.6 is 11.3 Å². The number of ether oxygens (including phenoxy) is 1. The normalized spacial score (nSPS) is 23.8. The zero-order chi connectivity index (χ0) is 13.2. The number of esters is 1. The van der Waals surface area contributed by atoms with Crippen molar-refractivity contribution in [3.05, 3.63) is 21.9 Å². The minimum absolute atomic E-state index is 0.131. The molecule has 0 saturated carbocycles. The van der Waals surface area contributed by atoms with Crippen LogP contribution in [0.25, 0.3) is 0 Å². The molecule has 1 aliphatic rings. The molecule has 0 spiro atoms. The Bertz CT molecular complexity index is 491. The van der Waals surface area contributed by atoms with Gasteiger partial charge in [-0.2, -0.15) is 5.26 Å². The first kappa shape index (κ1) is 13.1. The molecule has 0 aliphatic carbocycles. The van der Waals surface area contributed by atoms with Crippen LogP contribution in [0.4, 0.5) is 0 Å². The van der Waals surface area contributed by atoms with E-state index in [2.05, 4.69) is 11.0 Å². The van der Waals surface area contributed by atoms with Crippen molar-refractivity contribution in [2.24, 2.45) is 5.41 Å². The summed E-state index contributed by atoms with van der Waals surface area (Å²) in [7, 11) is 1.44. The van der Waals surface area contributed by atoms with Gasteiger partial charge in [0.05, 0.1) is 18.1 Å². The molecule has 1 aromatic heterocycles. The summed E-state index contributed by atoms with van der Waals surface area (Å²) in [6.07, 6.45) is 0.830. The van der Waals surface area contributed by atoms with Crippen molar-refractivity contribution in [1.29, 1.82) is 5.26 Å². The van der Waals surface area contributed by atoms with E-state index in [1.165, 1.54) is 12.0 Å². The van der Waals surface area contributed by atoms with E-state index < -0.39 is 0 Å². The lowest BCUT2D eigenvalue weighted by atomic mass is 9.90. The molecule has 1 aliphatic heterocycles. The summed E-state index contributed by atoms with van der Waals surface area (Å²) in [5, 5.41) is 10.6. The second-order valence-corrected chi connectivity index (χ2v) is 5.92. The number of rotatable bonds is 3. The zero-order valence-electron chi connectivity index (χ0n) is 10.6. The fourth-order valence-corrected chi connectivity index (χ4v) is 3.20. The van der Waals surface area contributed by atoms with E-state index in [0.717, 1.165) is 26.1 Å². The lowest BCUT2D eigenvalue weighted by Gasteiger charge is -2.21. The Morgan fingerprint density at radius 1 is 1.72 bits per heavy atom. The zero-order valence-corrected chi connectivity index (χ0v) is 11.4. The van der Waals surface area contributed by atoms with Crippen molar-refractivity contribution in [2.45, 2.75) is 19.9 Å². The summed E-state index contributed by atoms with van der Waals surface area (Å²) in [6, 6.07) is 4.05. The van der Waals surface area contributed by atoms with Gasteiger partial charge in [-0.25, -0.2) is 0 Å². The number of carbonyl (C=O) groups excluding carboxylic acids is 1. The minimum atomic E-state index is -0.385.